The molecule has 4 nitrogen and oxygen atoms in total. The van der Waals surface area contributed by atoms with Crippen molar-refractivity contribution in [1.82, 2.24) is 5.43 Å². The fourth-order valence-electron chi connectivity index (χ4n) is 1.92. The normalized spacial score (nSPS) is 19.3. The molecule has 0 aromatic heterocycles. The van der Waals surface area contributed by atoms with Gasteiger partial charge in [0, 0.05) is 6.54 Å². The van der Waals surface area contributed by atoms with Gasteiger partial charge in [-0.2, -0.15) is 0 Å². The Bertz CT molecular complexity index is 161. The summed E-state index contributed by atoms with van der Waals surface area (Å²) in [5.41, 5.74) is 7.70. The Kier molecular flexibility index (Phi) is 4.60. The molecule has 0 unspecified atom stereocenters. The molecule has 0 bridgehead atoms. The van der Waals surface area contributed by atoms with Gasteiger partial charge in [0.25, 0.3) is 0 Å². The van der Waals surface area contributed by atoms with Gasteiger partial charge < -0.3 is 5.73 Å². The van der Waals surface area contributed by atoms with Crippen molar-refractivity contribution in [3.8, 4) is 0 Å². The van der Waals surface area contributed by atoms with Crippen LogP contribution in [0.5, 0.6) is 0 Å². The van der Waals surface area contributed by atoms with Gasteiger partial charge in [-0.05, 0) is 18.8 Å². The van der Waals surface area contributed by atoms with E-state index in [0.29, 0.717) is 5.96 Å². The smallest absolute Gasteiger partial charge is 0.203 e. The summed E-state index contributed by atoms with van der Waals surface area (Å²) in [5.74, 6) is 6.36. The summed E-state index contributed by atoms with van der Waals surface area (Å²) in [7, 11) is 0. The van der Waals surface area contributed by atoms with E-state index in [1.165, 1.54) is 32.1 Å². The lowest BCUT2D eigenvalue weighted by molar-refractivity contribution is 0.488. The van der Waals surface area contributed by atoms with Gasteiger partial charge in [0.1, 0.15) is 0 Å². The van der Waals surface area contributed by atoms with Crippen LogP contribution in [0, 0.1) is 5.92 Å². The monoisotopic (exact) mass is 184 g/mol. The van der Waals surface area contributed by atoms with E-state index in [2.05, 4.69) is 10.4 Å². The number of nitrogens with two attached hydrogens (primary N) is 2. The summed E-state index contributed by atoms with van der Waals surface area (Å²) in [6.07, 6.45) is 8.08. The number of aliphatic imine (C=N–C) groups is 1. The van der Waals surface area contributed by atoms with Crippen LogP contribution in [0.15, 0.2) is 4.99 Å². The lowest BCUT2D eigenvalue weighted by Gasteiger charge is -2.06. The highest BCUT2D eigenvalue weighted by Crippen LogP contribution is 2.28. The second-order valence-electron chi connectivity index (χ2n) is 3.70. The summed E-state index contributed by atoms with van der Waals surface area (Å²) in [5, 5.41) is 0. The third kappa shape index (κ3) is 4.12. The number of hydrogen-bond acceptors (Lipinski definition) is 2. The third-order valence-electron chi connectivity index (χ3n) is 2.68. The zero-order valence-corrected chi connectivity index (χ0v) is 8.13. The van der Waals surface area contributed by atoms with E-state index in [1.54, 1.807) is 0 Å². The first-order valence-corrected chi connectivity index (χ1v) is 5.09. The molecule has 0 saturated heterocycles. The predicted molar refractivity (Wildman–Crippen MR) is 55.0 cm³/mol. The van der Waals surface area contributed by atoms with Crippen molar-refractivity contribution in [3.05, 3.63) is 0 Å². The summed E-state index contributed by atoms with van der Waals surface area (Å²) < 4.78 is 0. The summed E-state index contributed by atoms with van der Waals surface area (Å²) in [4.78, 5) is 4.06. The van der Waals surface area contributed by atoms with Crippen molar-refractivity contribution in [2.45, 2.75) is 38.5 Å². The number of nitrogens with zero attached hydrogens (tertiary/aromatic N) is 1. The lowest BCUT2D eigenvalue weighted by Crippen LogP contribution is -2.37. The van der Waals surface area contributed by atoms with Crippen molar-refractivity contribution in [2.24, 2.45) is 22.5 Å². The quantitative estimate of drug-likeness (QED) is 0.198. The fourth-order valence-corrected chi connectivity index (χ4v) is 1.92. The molecule has 0 heterocycles. The van der Waals surface area contributed by atoms with Crippen molar-refractivity contribution in [1.29, 1.82) is 0 Å². The maximum Gasteiger partial charge on any atom is 0.203 e. The molecule has 0 aromatic carbocycles. The number of rotatable bonds is 4. The fraction of sp³-hybridized carbons (Fsp3) is 0.889. The molecule has 0 atom stereocenters. The van der Waals surface area contributed by atoms with Crippen LogP contribution in [0.4, 0.5) is 0 Å². The molecule has 0 aromatic rings. The maximum absolute atomic E-state index is 5.38. The van der Waals surface area contributed by atoms with Crippen LogP contribution in [-0.4, -0.2) is 12.5 Å². The van der Waals surface area contributed by atoms with E-state index in [0.717, 1.165) is 18.9 Å². The van der Waals surface area contributed by atoms with Gasteiger partial charge in [0.15, 0.2) is 0 Å². The second-order valence-corrected chi connectivity index (χ2v) is 3.70. The van der Waals surface area contributed by atoms with Gasteiger partial charge >= 0.3 is 0 Å². The molecule has 1 rings (SSSR count). The molecule has 0 amide bonds. The molecule has 1 saturated carbocycles. The highest BCUT2D eigenvalue weighted by molar-refractivity contribution is 5.76. The first-order chi connectivity index (χ1) is 6.33. The molecule has 0 radical (unpaired) electrons. The lowest BCUT2D eigenvalue weighted by atomic mass is 10.0. The molecular formula is C9H20N4. The highest BCUT2D eigenvalue weighted by atomic mass is 15.3. The van der Waals surface area contributed by atoms with Crippen LogP contribution in [0.1, 0.15) is 38.5 Å². The first-order valence-electron chi connectivity index (χ1n) is 5.09. The van der Waals surface area contributed by atoms with E-state index < -0.39 is 0 Å². The Morgan fingerprint density at radius 3 is 2.69 bits per heavy atom. The largest absolute Gasteiger partial charge is 0.369 e. The molecule has 5 N–H and O–H groups in total. The zero-order chi connectivity index (χ0) is 9.52. The SMILES string of the molecule is NNC(N)=NCCCC1CCCC1. The summed E-state index contributed by atoms with van der Waals surface area (Å²) in [6, 6.07) is 0. The Morgan fingerprint density at radius 2 is 2.08 bits per heavy atom. The van der Waals surface area contributed by atoms with Gasteiger partial charge in [-0.15, -0.1) is 0 Å². The van der Waals surface area contributed by atoms with Crippen LogP contribution in [-0.2, 0) is 0 Å². The number of hydrogen-bond donors (Lipinski definition) is 3. The van der Waals surface area contributed by atoms with Gasteiger partial charge in [-0.25, -0.2) is 5.84 Å². The molecule has 0 aliphatic heterocycles. The van der Waals surface area contributed by atoms with Crippen molar-refractivity contribution in [3.63, 3.8) is 0 Å². The number of guanidine groups is 1. The molecule has 1 aliphatic rings. The van der Waals surface area contributed by atoms with E-state index in [-0.39, 0.29) is 0 Å². The van der Waals surface area contributed by atoms with E-state index >= 15 is 0 Å². The average Bonchev–Trinajstić information content (AvgIpc) is 2.64. The molecule has 1 fully saturated rings. The Balaban J connectivity index is 2.00. The van der Waals surface area contributed by atoms with Crippen LogP contribution < -0.4 is 17.0 Å². The zero-order valence-electron chi connectivity index (χ0n) is 8.13. The third-order valence-corrected chi connectivity index (χ3v) is 2.68. The molecule has 0 spiro atoms. The standard InChI is InChI=1S/C9H20N4/c10-9(13-11)12-7-3-6-8-4-1-2-5-8/h8H,1-7,11H2,(H3,10,12,13). The average molecular weight is 184 g/mol. The topological polar surface area (TPSA) is 76.4 Å². The highest BCUT2D eigenvalue weighted by Gasteiger charge is 2.13. The molecule has 4 heteroatoms. The Labute approximate surface area is 79.7 Å². The van der Waals surface area contributed by atoms with Gasteiger partial charge in [0.05, 0.1) is 0 Å². The first kappa shape index (κ1) is 10.3. The molecular weight excluding hydrogens is 164 g/mol. The number of hydrazine groups is 1. The van der Waals surface area contributed by atoms with Crippen LogP contribution in [0.25, 0.3) is 0 Å². The minimum atomic E-state index is 0.339. The predicted octanol–water partition coefficient (Wildman–Crippen LogP) is 0.735. The van der Waals surface area contributed by atoms with Crippen molar-refractivity contribution >= 4 is 5.96 Å². The second kappa shape index (κ2) is 5.80. The van der Waals surface area contributed by atoms with Crippen LogP contribution in [0.3, 0.4) is 0 Å². The van der Waals surface area contributed by atoms with Crippen molar-refractivity contribution in [2.75, 3.05) is 6.54 Å². The minimum Gasteiger partial charge on any atom is -0.369 e. The van der Waals surface area contributed by atoms with E-state index in [1.807, 2.05) is 0 Å². The van der Waals surface area contributed by atoms with E-state index in [9.17, 15) is 0 Å². The van der Waals surface area contributed by atoms with E-state index in [4.69, 9.17) is 11.6 Å². The summed E-state index contributed by atoms with van der Waals surface area (Å²) in [6.45, 7) is 0.798. The minimum absolute atomic E-state index is 0.339. The molecule has 76 valence electrons. The van der Waals surface area contributed by atoms with Gasteiger partial charge in [0.2, 0.25) is 5.96 Å². The Morgan fingerprint density at radius 1 is 1.38 bits per heavy atom. The van der Waals surface area contributed by atoms with Gasteiger partial charge in [-0.3, -0.25) is 10.4 Å². The number of nitrogens with one attached hydrogen (secondary N) is 1. The van der Waals surface area contributed by atoms with Crippen LogP contribution >= 0.6 is 0 Å². The maximum atomic E-state index is 5.38. The van der Waals surface area contributed by atoms with Crippen molar-refractivity contribution < 1.29 is 0 Å². The Hall–Kier alpha value is -0.770. The molecule has 1 aliphatic carbocycles. The van der Waals surface area contributed by atoms with Crippen LogP contribution in [0.2, 0.25) is 0 Å². The van der Waals surface area contributed by atoms with Gasteiger partial charge in [-0.1, -0.05) is 25.7 Å². The summed E-state index contributed by atoms with van der Waals surface area (Å²) >= 11 is 0. The molecule has 13 heavy (non-hydrogen) atoms.